The summed E-state index contributed by atoms with van der Waals surface area (Å²) in [6, 6.07) is 5.15. The van der Waals surface area contributed by atoms with E-state index < -0.39 is 0 Å². The van der Waals surface area contributed by atoms with Gasteiger partial charge in [-0.1, -0.05) is 0 Å². The standard InChI is InChI=1S/C14H20N2O3/c1-3-19-13(17)5-4-8-16-14(18)12-7-6-11(15)9-10(12)2/h6-7,9H,3-5,8,15H2,1-2H3,(H,16,18). The highest BCUT2D eigenvalue weighted by Crippen LogP contribution is 2.12. The third-order valence-electron chi connectivity index (χ3n) is 2.64. The average Bonchev–Trinajstić information content (AvgIpc) is 2.34. The van der Waals surface area contributed by atoms with Crippen LogP contribution in [0.5, 0.6) is 0 Å². The monoisotopic (exact) mass is 264 g/mol. The smallest absolute Gasteiger partial charge is 0.305 e. The number of aryl methyl sites for hydroxylation is 1. The summed E-state index contributed by atoms with van der Waals surface area (Å²) in [4.78, 5) is 23.0. The molecule has 0 aromatic heterocycles. The molecule has 1 aromatic rings. The van der Waals surface area contributed by atoms with E-state index >= 15 is 0 Å². The molecule has 0 spiro atoms. The van der Waals surface area contributed by atoms with Gasteiger partial charge < -0.3 is 15.8 Å². The molecule has 0 saturated heterocycles. The number of nitrogens with two attached hydrogens (primary N) is 1. The van der Waals surface area contributed by atoms with Crippen molar-refractivity contribution in [3.63, 3.8) is 0 Å². The first-order chi connectivity index (χ1) is 9.04. The van der Waals surface area contributed by atoms with Gasteiger partial charge in [0.2, 0.25) is 0 Å². The van der Waals surface area contributed by atoms with Crippen LogP contribution in [-0.2, 0) is 9.53 Å². The molecule has 0 bridgehead atoms. The van der Waals surface area contributed by atoms with E-state index in [1.807, 2.05) is 6.92 Å². The van der Waals surface area contributed by atoms with Crippen LogP contribution in [0.3, 0.4) is 0 Å². The molecule has 0 unspecified atom stereocenters. The molecule has 3 N–H and O–H groups in total. The van der Waals surface area contributed by atoms with Gasteiger partial charge in [0.15, 0.2) is 0 Å². The van der Waals surface area contributed by atoms with E-state index in [-0.39, 0.29) is 11.9 Å². The zero-order valence-electron chi connectivity index (χ0n) is 11.4. The third-order valence-corrected chi connectivity index (χ3v) is 2.64. The lowest BCUT2D eigenvalue weighted by Gasteiger charge is -2.08. The molecule has 1 aromatic carbocycles. The molecule has 19 heavy (non-hydrogen) atoms. The van der Waals surface area contributed by atoms with Gasteiger partial charge in [0.05, 0.1) is 6.61 Å². The summed E-state index contributed by atoms with van der Waals surface area (Å²) >= 11 is 0. The topological polar surface area (TPSA) is 81.4 Å². The minimum absolute atomic E-state index is 0.152. The molecular formula is C14H20N2O3. The summed E-state index contributed by atoms with van der Waals surface area (Å²) in [5.74, 6) is -0.387. The van der Waals surface area contributed by atoms with Crippen LogP contribution in [0.25, 0.3) is 0 Å². The molecule has 0 aliphatic carbocycles. The van der Waals surface area contributed by atoms with Crippen molar-refractivity contribution < 1.29 is 14.3 Å². The molecule has 104 valence electrons. The molecule has 0 radical (unpaired) electrons. The van der Waals surface area contributed by atoms with Gasteiger partial charge in [-0.3, -0.25) is 9.59 Å². The summed E-state index contributed by atoms with van der Waals surface area (Å²) in [7, 11) is 0. The Balaban J connectivity index is 2.37. The molecule has 0 heterocycles. The summed E-state index contributed by atoms with van der Waals surface area (Å²) < 4.78 is 4.80. The molecule has 5 nitrogen and oxygen atoms in total. The van der Waals surface area contributed by atoms with Gasteiger partial charge in [-0.25, -0.2) is 0 Å². The first-order valence-electron chi connectivity index (χ1n) is 6.34. The summed E-state index contributed by atoms with van der Waals surface area (Å²) in [6.07, 6.45) is 0.882. The number of esters is 1. The van der Waals surface area contributed by atoms with E-state index in [1.165, 1.54) is 0 Å². The molecule has 0 fully saturated rings. The normalized spacial score (nSPS) is 10.0. The minimum Gasteiger partial charge on any atom is -0.466 e. The Bertz CT molecular complexity index is 458. The second-order valence-corrected chi connectivity index (χ2v) is 4.24. The lowest BCUT2D eigenvalue weighted by Crippen LogP contribution is -2.25. The Morgan fingerprint density at radius 1 is 1.37 bits per heavy atom. The van der Waals surface area contributed by atoms with Crippen LogP contribution in [-0.4, -0.2) is 25.0 Å². The van der Waals surface area contributed by atoms with Crippen LogP contribution in [0.4, 0.5) is 5.69 Å². The Kier molecular flexibility index (Phi) is 5.85. The highest BCUT2D eigenvalue weighted by Gasteiger charge is 2.08. The number of hydrogen-bond donors (Lipinski definition) is 2. The van der Waals surface area contributed by atoms with E-state index in [2.05, 4.69) is 5.32 Å². The summed E-state index contributed by atoms with van der Waals surface area (Å²) in [5.41, 5.74) is 7.70. The maximum absolute atomic E-state index is 11.9. The number of nitrogens with one attached hydrogen (secondary N) is 1. The zero-order valence-corrected chi connectivity index (χ0v) is 11.4. The molecule has 0 aliphatic heterocycles. The van der Waals surface area contributed by atoms with Crippen molar-refractivity contribution in [1.29, 1.82) is 0 Å². The van der Waals surface area contributed by atoms with Crippen molar-refractivity contribution in [2.24, 2.45) is 0 Å². The largest absolute Gasteiger partial charge is 0.466 e. The highest BCUT2D eigenvalue weighted by atomic mass is 16.5. The van der Waals surface area contributed by atoms with E-state index in [9.17, 15) is 9.59 Å². The van der Waals surface area contributed by atoms with Gasteiger partial charge in [-0.05, 0) is 44.0 Å². The van der Waals surface area contributed by atoms with Crippen molar-refractivity contribution >= 4 is 17.6 Å². The van der Waals surface area contributed by atoms with Crippen LogP contribution in [0.2, 0.25) is 0 Å². The molecule has 0 saturated carbocycles. The number of amides is 1. The van der Waals surface area contributed by atoms with Gasteiger partial charge in [-0.15, -0.1) is 0 Å². The molecule has 0 aliphatic rings. The lowest BCUT2D eigenvalue weighted by atomic mass is 10.1. The maximum atomic E-state index is 11.9. The number of benzene rings is 1. The predicted molar refractivity (Wildman–Crippen MR) is 73.8 cm³/mol. The third kappa shape index (κ3) is 4.99. The van der Waals surface area contributed by atoms with E-state index in [4.69, 9.17) is 10.5 Å². The van der Waals surface area contributed by atoms with E-state index in [0.717, 1.165) is 5.56 Å². The van der Waals surface area contributed by atoms with Crippen molar-refractivity contribution in [1.82, 2.24) is 5.32 Å². The molecule has 1 amide bonds. The molecule has 1 rings (SSSR count). The van der Waals surface area contributed by atoms with Crippen LogP contribution >= 0.6 is 0 Å². The number of hydrogen-bond acceptors (Lipinski definition) is 4. The Morgan fingerprint density at radius 3 is 2.74 bits per heavy atom. The Morgan fingerprint density at radius 2 is 2.11 bits per heavy atom. The van der Waals surface area contributed by atoms with Crippen molar-refractivity contribution in [2.75, 3.05) is 18.9 Å². The zero-order chi connectivity index (χ0) is 14.3. The van der Waals surface area contributed by atoms with Crippen LogP contribution in [0, 0.1) is 6.92 Å². The number of carbonyl (C=O) groups excluding carboxylic acids is 2. The van der Waals surface area contributed by atoms with Crippen molar-refractivity contribution in [3.8, 4) is 0 Å². The number of anilines is 1. The fraction of sp³-hybridized carbons (Fsp3) is 0.429. The highest BCUT2D eigenvalue weighted by molar-refractivity contribution is 5.96. The molecule has 5 heteroatoms. The Labute approximate surface area is 113 Å². The number of rotatable bonds is 6. The van der Waals surface area contributed by atoms with Gasteiger partial charge in [0.1, 0.15) is 0 Å². The fourth-order valence-corrected chi connectivity index (χ4v) is 1.70. The predicted octanol–water partition coefficient (Wildman–Crippen LogP) is 1.65. The fourth-order valence-electron chi connectivity index (χ4n) is 1.70. The van der Waals surface area contributed by atoms with Gasteiger partial charge in [-0.2, -0.15) is 0 Å². The van der Waals surface area contributed by atoms with Crippen LogP contribution < -0.4 is 11.1 Å². The second-order valence-electron chi connectivity index (χ2n) is 4.24. The summed E-state index contributed by atoms with van der Waals surface area (Å²) in [5, 5.41) is 2.77. The van der Waals surface area contributed by atoms with Crippen molar-refractivity contribution in [3.05, 3.63) is 29.3 Å². The molecule has 0 atom stereocenters. The minimum atomic E-state index is -0.236. The first kappa shape index (κ1) is 15.0. The van der Waals surface area contributed by atoms with Gasteiger partial charge in [0, 0.05) is 24.2 Å². The number of ether oxygens (including phenoxy) is 1. The van der Waals surface area contributed by atoms with Gasteiger partial charge in [0.25, 0.3) is 5.91 Å². The second kappa shape index (κ2) is 7.41. The first-order valence-corrected chi connectivity index (χ1v) is 6.34. The lowest BCUT2D eigenvalue weighted by molar-refractivity contribution is -0.143. The van der Waals surface area contributed by atoms with Crippen molar-refractivity contribution in [2.45, 2.75) is 26.7 Å². The summed E-state index contributed by atoms with van der Waals surface area (Å²) in [6.45, 7) is 4.44. The number of carbonyl (C=O) groups is 2. The SMILES string of the molecule is CCOC(=O)CCCNC(=O)c1ccc(N)cc1C. The quantitative estimate of drug-likeness (QED) is 0.465. The van der Waals surface area contributed by atoms with Gasteiger partial charge >= 0.3 is 5.97 Å². The van der Waals surface area contributed by atoms with E-state index in [1.54, 1.807) is 25.1 Å². The number of nitrogen functional groups attached to an aromatic ring is 1. The maximum Gasteiger partial charge on any atom is 0.305 e. The van der Waals surface area contributed by atoms with E-state index in [0.29, 0.717) is 37.2 Å². The Hall–Kier alpha value is -2.04. The van der Waals surface area contributed by atoms with Crippen LogP contribution in [0.15, 0.2) is 18.2 Å². The average molecular weight is 264 g/mol. The van der Waals surface area contributed by atoms with Crippen LogP contribution in [0.1, 0.15) is 35.7 Å². The molecular weight excluding hydrogens is 244 g/mol.